The van der Waals surface area contributed by atoms with E-state index in [1.54, 1.807) is 12.1 Å². The Morgan fingerprint density at radius 3 is 2.57 bits per heavy atom. The van der Waals surface area contributed by atoms with Gasteiger partial charge in [-0.2, -0.15) is 0 Å². The number of hydrogen-bond donors (Lipinski definition) is 1. The minimum absolute atomic E-state index is 0.101. The molecule has 2 aromatic heterocycles. The van der Waals surface area contributed by atoms with Gasteiger partial charge >= 0.3 is 0 Å². The number of carbonyl (C=O) groups is 2. The molecule has 116 valence electrons. The average molecular weight is 310 g/mol. The van der Waals surface area contributed by atoms with E-state index in [9.17, 15) is 9.59 Å². The zero-order valence-corrected chi connectivity index (χ0v) is 12.4. The van der Waals surface area contributed by atoms with Crippen LogP contribution in [0.5, 0.6) is 0 Å². The Balaban J connectivity index is 1.99. The van der Waals surface area contributed by atoms with Gasteiger partial charge in [-0.15, -0.1) is 0 Å². The number of rotatable bonds is 5. The van der Waals surface area contributed by atoms with Crippen LogP contribution in [0, 0.1) is 0 Å². The number of carbonyl (C=O) groups excluding carboxylic acids is 2. The molecule has 0 bridgehead atoms. The van der Waals surface area contributed by atoms with Crippen LogP contribution >= 0.6 is 0 Å². The molecular weight excluding hydrogens is 296 g/mol. The number of aromatic nitrogens is 1. The SMILES string of the molecule is CNC(=O)c1c(-c2ccccc2)noc1CC(=O)c1ccco1. The molecule has 0 aliphatic heterocycles. The van der Waals surface area contributed by atoms with Crippen LogP contribution in [-0.2, 0) is 6.42 Å². The quantitative estimate of drug-likeness (QED) is 0.732. The number of amides is 1. The van der Waals surface area contributed by atoms with Gasteiger partial charge in [0.2, 0.25) is 5.78 Å². The highest BCUT2D eigenvalue weighted by molar-refractivity contribution is 6.03. The van der Waals surface area contributed by atoms with E-state index in [-0.39, 0.29) is 35.2 Å². The highest BCUT2D eigenvalue weighted by Gasteiger charge is 2.25. The highest BCUT2D eigenvalue weighted by Crippen LogP contribution is 2.26. The number of hydrogen-bond acceptors (Lipinski definition) is 5. The molecule has 0 spiro atoms. The Morgan fingerprint density at radius 1 is 1.13 bits per heavy atom. The van der Waals surface area contributed by atoms with Crippen molar-refractivity contribution in [2.75, 3.05) is 7.05 Å². The van der Waals surface area contributed by atoms with Crippen molar-refractivity contribution in [2.24, 2.45) is 0 Å². The summed E-state index contributed by atoms with van der Waals surface area (Å²) in [7, 11) is 1.52. The third kappa shape index (κ3) is 2.91. The minimum Gasteiger partial charge on any atom is -0.461 e. The van der Waals surface area contributed by atoms with E-state index in [1.807, 2.05) is 30.3 Å². The van der Waals surface area contributed by atoms with Crippen molar-refractivity contribution >= 4 is 11.7 Å². The van der Waals surface area contributed by atoms with Crippen LogP contribution < -0.4 is 5.32 Å². The van der Waals surface area contributed by atoms with Crippen LogP contribution in [0.2, 0.25) is 0 Å². The molecule has 3 rings (SSSR count). The van der Waals surface area contributed by atoms with E-state index in [4.69, 9.17) is 8.94 Å². The predicted octanol–water partition coefficient (Wildman–Crippen LogP) is 2.72. The molecule has 3 aromatic rings. The van der Waals surface area contributed by atoms with Crippen LogP contribution in [0.15, 0.2) is 57.7 Å². The van der Waals surface area contributed by atoms with Crippen molar-refractivity contribution < 1.29 is 18.5 Å². The fraction of sp³-hybridized carbons (Fsp3) is 0.118. The fourth-order valence-electron chi connectivity index (χ4n) is 2.27. The first-order valence-electron chi connectivity index (χ1n) is 7.03. The van der Waals surface area contributed by atoms with Gasteiger partial charge in [0, 0.05) is 12.6 Å². The number of Topliss-reactive ketones (excluding diaryl/α,β-unsaturated/α-hetero) is 1. The average Bonchev–Trinajstić information content (AvgIpc) is 3.25. The first kappa shape index (κ1) is 14.8. The van der Waals surface area contributed by atoms with E-state index >= 15 is 0 Å². The van der Waals surface area contributed by atoms with E-state index < -0.39 is 0 Å². The minimum atomic E-state index is -0.354. The molecule has 0 unspecified atom stereocenters. The van der Waals surface area contributed by atoms with Gasteiger partial charge in [-0.3, -0.25) is 9.59 Å². The maximum absolute atomic E-state index is 12.2. The molecule has 0 saturated carbocycles. The second-order valence-electron chi connectivity index (χ2n) is 4.85. The van der Waals surface area contributed by atoms with Gasteiger partial charge in [0.25, 0.3) is 5.91 Å². The summed E-state index contributed by atoms with van der Waals surface area (Å²) >= 11 is 0. The number of nitrogens with one attached hydrogen (secondary N) is 1. The Kier molecular flexibility index (Phi) is 4.05. The molecule has 0 radical (unpaired) electrons. The third-order valence-corrected chi connectivity index (χ3v) is 3.38. The molecule has 1 N–H and O–H groups in total. The van der Waals surface area contributed by atoms with E-state index in [2.05, 4.69) is 10.5 Å². The van der Waals surface area contributed by atoms with Crippen LogP contribution in [0.1, 0.15) is 26.7 Å². The molecule has 6 heteroatoms. The van der Waals surface area contributed by atoms with Crippen LogP contribution in [0.25, 0.3) is 11.3 Å². The van der Waals surface area contributed by atoms with Crippen molar-refractivity contribution in [1.82, 2.24) is 10.5 Å². The van der Waals surface area contributed by atoms with Crippen LogP contribution in [-0.4, -0.2) is 23.9 Å². The van der Waals surface area contributed by atoms with Crippen molar-refractivity contribution in [3.63, 3.8) is 0 Å². The van der Waals surface area contributed by atoms with E-state index in [0.29, 0.717) is 5.69 Å². The number of nitrogens with zero attached hydrogens (tertiary/aromatic N) is 1. The Bertz CT molecular complexity index is 820. The highest BCUT2D eigenvalue weighted by atomic mass is 16.5. The largest absolute Gasteiger partial charge is 0.461 e. The molecule has 1 aromatic carbocycles. The molecule has 6 nitrogen and oxygen atoms in total. The van der Waals surface area contributed by atoms with Crippen LogP contribution in [0.3, 0.4) is 0 Å². The first-order valence-corrected chi connectivity index (χ1v) is 7.03. The predicted molar refractivity (Wildman–Crippen MR) is 82.1 cm³/mol. The lowest BCUT2D eigenvalue weighted by atomic mass is 10.0. The zero-order valence-electron chi connectivity index (χ0n) is 12.4. The van der Waals surface area contributed by atoms with Crippen LogP contribution in [0.4, 0.5) is 0 Å². The number of benzene rings is 1. The monoisotopic (exact) mass is 310 g/mol. The van der Waals surface area contributed by atoms with E-state index in [0.717, 1.165) is 5.56 Å². The smallest absolute Gasteiger partial charge is 0.256 e. The van der Waals surface area contributed by atoms with Gasteiger partial charge in [-0.25, -0.2) is 0 Å². The van der Waals surface area contributed by atoms with Gasteiger partial charge in [0.05, 0.1) is 12.7 Å². The molecule has 2 heterocycles. The zero-order chi connectivity index (χ0) is 16.2. The van der Waals surface area contributed by atoms with Gasteiger partial charge < -0.3 is 14.3 Å². The number of furan rings is 1. The van der Waals surface area contributed by atoms with Gasteiger partial charge in [-0.1, -0.05) is 35.5 Å². The second-order valence-corrected chi connectivity index (χ2v) is 4.85. The molecule has 0 saturated heterocycles. The summed E-state index contributed by atoms with van der Waals surface area (Å²) in [5.74, 6) is -0.210. The third-order valence-electron chi connectivity index (χ3n) is 3.38. The fourth-order valence-corrected chi connectivity index (χ4v) is 2.27. The van der Waals surface area contributed by atoms with Crippen molar-refractivity contribution in [3.8, 4) is 11.3 Å². The summed E-state index contributed by atoms with van der Waals surface area (Å²) in [5, 5.41) is 6.52. The normalized spacial score (nSPS) is 10.5. The summed E-state index contributed by atoms with van der Waals surface area (Å²) < 4.78 is 10.3. The molecule has 0 atom stereocenters. The van der Waals surface area contributed by atoms with Gasteiger partial charge in [0.15, 0.2) is 11.5 Å². The molecule has 1 amide bonds. The van der Waals surface area contributed by atoms with Gasteiger partial charge in [-0.05, 0) is 12.1 Å². The second kappa shape index (κ2) is 6.31. The molecule has 23 heavy (non-hydrogen) atoms. The summed E-state index contributed by atoms with van der Waals surface area (Å²) in [4.78, 5) is 24.4. The maximum atomic E-state index is 12.2. The Labute approximate surface area is 132 Å². The first-order chi connectivity index (χ1) is 11.2. The van der Waals surface area contributed by atoms with Crippen molar-refractivity contribution in [2.45, 2.75) is 6.42 Å². The molecule has 0 fully saturated rings. The van der Waals surface area contributed by atoms with Crippen molar-refractivity contribution in [1.29, 1.82) is 0 Å². The number of ketones is 1. The maximum Gasteiger partial charge on any atom is 0.256 e. The Hall–Kier alpha value is -3.15. The topological polar surface area (TPSA) is 85.3 Å². The van der Waals surface area contributed by atoms with Crippen molar-refractivity contribution in [3.05, 3.63) is 65.8 Å². The lowest BCUT2D eigenvalue weighted by Crippen LogP contribution is -2.20. The summed E-state index contributed by atoms with van der Waals surface area (Å²) in [5.41, 5.74) is 1.41. The lowest BCUT2D eigenvalue weighted by Gasteiger charge is -2.02. The van der Waals surface area contributed by atoms with Gasteiger partial charge in [0.1, 0.15) is 11.3 Å². The summed E-state index contributed by atoms with van der Waals surface area (Å²) in [6, 6.07) is 12.4. The molecular formula is C17H14N2O4. The van der Waals surface area contributed by atoms with E-state index in [1.165, 1.54) is 13.3 Å². The Morgan fingerprint density at radius 2 is 1.91 bits per heavy atom. The molecule has 0 aliphatic carbocycles. The summed E-state index contributed by atoms with van der Waals surface area (Å²) in [6.45, 7) is 0. The molecule has 0 aliphatic rings. The standard InChI is InChI=1S/C17H14N2O4/c1-18-17(21)15-14(10-12(20)13-8-5-9-22-13)23-19-16(15)11-6-3-2-4-7-11/h2-9H,10H2,1H3,(H,18,21). The lowest BCUT2D eigenvalue weighted by molar-refractivity contribution is 0.0952. The summed E-state index contributed by atoms with van der Waals surface area (Å²) in [6.07, 6.45) is 1.32.